The number of nitrogens with one attached hydrogen (secondary N) is 1. The maximum absolute atomic E-state index is 12.2. The Balaban J connectivity index is 1.71. The summed E-state index contributed by atoms with van der Waals surface area (Å²) in [5.74, 6) is -0.138. The second-order valence-corrected chi connectivity index (χ2v) is 5.67. The molecule has 0 aliphatic heterocycles. The summed E-state index contributed by atoms with van der Waals surface area (Å²) in [6.45, 7) is 1.85. The second kappa shape index (κ2) is 6.96. The molecule has 0 saturated heterocycles. The van der Waals surface area contributed by atoms with Crippen LogP contribution in [0.4, 0.5) is 5.69 Å². The number of nitrogens with two attached hydrogens (primary N) is 1. The van der Waals surface area contributed by atoms with Gasteiger partial charge in [-0.05, 0) is 41.0 Å². The first-order valence-corrected chi connectivity index (χ1v) is 7.79. The lowest BCUT2D eigenvalue weighted by atomic mass is 10.0. The third-order valence-electron chi connectivity index (χ3n) is 3.91. The van der Waals surface area contributed by atoms with E-state index in [1.807, 2.05) is 73.7 Å². The minimum atomic E-state index is -0.138. The monoisotopic (exact) mass is 317 g/mol. The van der Waals surface area contributed by atoms with Crippen LogP contribution in [0.5, 0.6) is 0 Å². The van der Waals surface area contributed by atoms with E-state index in [0.29, 0.717) is 12.1 Å². The number of amides is 1. The molecule has 3 N–H and O–H groups in total. The third kappa shape index (κ3) is 3.60. The molecule has 3 aromatic carbocycles. The molecule has 120 valence electrons. The summed E-state index contributed by atoms with van der Waals surface area (Å²) in [6, 6.07) is 21.4. The summed E-state index contributed by atoms with van der Waals surface area (Å²) in [6.07, 6.45) is 0.292. The zero-order valence-electron chi connectivity index (χ0n) is 13.5. The van der Waals surface area contributed by atoms with Crippen molar-refractivity contribution in [3.05, 3.63) is 77.9 Å². The van der Waals surface area contributed by atoms with Gasteiger partial charge in [0.2, 0.25) is 5.91 Å². The van der Waals surface area contributed by atoms with E-state index >= 15 is 0 Å². The molecule has 0 aliphatic rings. The fraction of sp³-hybridized carbons (Fsp3) is 0.100. The molecule has 3 rings (SSSR count). The van der Waals surface area contributed by atoms with Gasteiger partial charge in [0.25, 0.3) is 0 Å². The van der Waals surface area contributed by atoms with Crippen molar-refractivity contribution < 1.29 is 4.79 Å². The number of carbonyl (C=O) groups excluding carboxylic acids is 1. The van der Waals surface area contributed by atoms with Gasteiger partial charge in [0.1, 0.15) is 0 Å². The number of hydrazone groups is 1. The first kappa shape index (κ1) is 15.7. The zero-order valence-corrected chi connectivity index (χ0v) is 13.5. The summed E-state index contributed by atoms with van der Waals surface area (Å²) in [4.78, 5) is 12.2. The van der Waals surface area contributed by atoms with Crippen molar-refractivity contribution in [2.75, 3.05) is 5.73 Å². The van der Waals surface area contributed by atoms with Gasteiger partial charge < -0.3 is 5.73 Å². The first-order valence-electron chi connectivity index (χ1n) is 7.79. The van der Waals surface area contributed by atoms with E-state index in [0.717, 1.165) is 27.6 Å². The average molecular weight is 317 g/mol. The summed E-state index contributed by atoms with van der Waals surface area (Å²) >= 11 is 0. The van der Waals surface area contributed by atoms with Gasteiger partial charge in [-0.25, -0.2) is 5.43 Å². The Morgan fingerprint density at radius 1 is 1.00 bits per heavy atom. The van der Waals surface area contributed by atoms with E-state index in [9.17, 15) is 4.79 Å². The SMILES string of the molecule is CC(=NNC(=O)Cc1cccc2ccccc12)c1ccc(N)cc1. The number of anilines is 1. The van der Waals surface area contributed by atoms with Gasteiger partial charge in [0.05, 0.1) is 12.1 Å². The molecule has 0 heterocycles. The Hall–Kier alpha value is -3.14. The van der Waals surface area contributed by atoms with E-state index in [1.165, 1.54) is 0 Å². The summed E-state index contributed by atoms with van der Waals surface area (Å²) in [7, 11) is 0. The lowest BCUT2D eigenvalue weighted by molar-refractivity contribution is -0.120. The molecule has 0 unspecified atom stereocenters. The predicted octanol–water partition coefficient (Wildman–Crippen LogP) is 3.50. The molecule has 0 radical (unpaired) electrons. The van der Waals surface area contributed by atoms with Gasteiger partial charge in [0, 0.05) is 5.69 Å². The van der Waals surface area contributed by atoms with E-state index in [1.54, 1.807) is 0 Å². The van der Waals surface area contributed by atoms with Gasteiger partial charge in [0.15, 0.2) is 0 Å². The lowest BCUT2D eigenvalue weighted by Gasteiger charge is -2.06. The molecular weight excluding hydrogens is 298 g/mol. The van der Waals surface area contributed by atoms with Gasteiger partial charge in [-0.3, -0.25) is 4.79 Å². The highest BCUT2D eigenvalue weighted by molar-refractivity contribution is 5.99. The summed E-state index contributed by atoms with van der Waals surface area (Å²) < 4.78 is 0. The predicted molar refractivity (Wildman–Crippen MR) is 98.9 cm³/mol. The highest BCUT2D eigenvalue weighted by Crippen LogP contribution is 2.18. The maximum atomic E-state index is 12.2. The largest absolute Gasteiger partial charge is 0.399 e. The summed E-state index contributed by atoms with van der Waals surface area (Å²) in [5, 5.41) is 6.40. The molecule has 0 saturated carbocycles. The van der Waals surface area contributed by atoms with Crippen LogP contribution in [0.15, 0.2) is 71.8 Å². The number of benzene rings is 3. The van der Waals surface area contributed by atoms with Crippen molar-refractivity contribution in [3.63, 3.8) is 0 Å². The van der Waals surface area contributed by atoms with Crippen molar-refractivity contribution in [1.82, 2.24) is 5.43 Å². The number of carbonyl (C=O) groups is 1. The van der Waals surface area contributed by atoms with E-state index in [2.05, 4.69) is 10.5 Å². The van der Waals surface area contributed by atoms with Crippen molar-refractivity contribution in [2.45, 2.75) is 13.3 Å². The quantitative estimate of drug-likeness (QED) is 0.439. The number of hydrogen-bond acceptors (Lipinski definition) is 3. The van der Waals surface area contributed by atoms with Crippen LogP contribution >= 0.6 is 0 Å². The van der Waals surface area contributed by atoms with E-state index in [4.69, 9.17) is 5.73 Å². The smallest absolute Gasteiger partial charge is 0.244 e. The number of fused-ring (bicyclic) bond motifs is 1. The van der Waals surface area contributed by atoms with Crippen LogP contribution in [0, 0.1) is 0 Å². The van der Waals surface area contributed by atoms with Gasteiger partial charge >= 0.3 is 0 Å². The van der Waals surface area contributed by atoms with Crippen LogP contribution in [0.2, 0.25) is 0 Å². The molecular formula is C20H19N3O. The van der Waals surface area contributed by atoms with Crippen LogP contribution in [-0.4, -0.2) is 11.6 Å². The molecule has 0 aliphatic carbocycles. The van der Waals surface area contributed by atoms with Crippen molar-refractivity contribution in [2.24, 2.45) is 5.10 Å². The standard InChI is InChI=1S/C20H19N3O/c1-14(15-9-11-18(21)12-10-15)22-23-20(24)13-17-7-4-6-16-5-2-3-8-19(16)17/h2-12H,13,21H2,1H3,(H,23,24). The number of hydrogen-bond donors (Lipinski definition) is 2. The minimum absolute atomic E-state index is 0.138. The van der Waals surface area contributed by atoms with Gasteiger partial charge in [-0.1, -0.05) is 54.6 Å². The molecule has 4 nitrogen and oxygen atoms in total. The minimum Gasteiger partial charge on any atom is -0.399 e. The first-order chi connectivity index (χ1) is 11.6. The van der Waals surface area contributed by atoms with Crippen molar-refractivity contribution in [1.29, 1.82) is 0 Å². The second-order valence-electron chi connectivity index (χ2n) is 5.67. The normalized spacial score (nSPS) is 11.5. The van der Waals surface area contributed by atoms with Crippen LogP contribution in [-0.2, 0) is 11.2 Å². The van der Waals surface area contributed by atoms with Crippen molar-refractivity contribution in [3.8, 4) is 0 Å². The molecule has 24 heavy (non-hydrogen) atoms. The van der Waals surface area contributed by atoms with Crippen LogP contribution in [0.1, 0.15) is 18.1 Å². The molecule has 0 bridgehead atoms. The van der Waals surface area contributed by atoms with Crippen LogP contribution in [0.25, 0.3) is 10.8 Å². The lowest BCUT2D eigenvalue weighted by Crippen LogP contribution is -2.21. The third-order valence-corrected chi connectivity index (χ3v) is 3.91. The fourth-order valence-corrected chi connectivity index (χ4v) is 2.59. The zero-order chi connectivity index (χ0) is 16.9. The van der Waals surface area contributed by atoms with Crippen molar-refractivity contribution >= 4 is 28.1 Å². The Labute approximate surface area is 141 Å². The molecule has 0 atom stereocenters. The number of nitrogen functional groups attached to an aromatic ring is 1. The molecule has 3 aromatic rings. The number of rotatable bonds is 4. The topological polar surface area (TPSA) is 67.5 Å². The Morgan fingerprint density at radius 3 is 2.50 bits per heavy atom. The van der Waals surface area contributed by atoms with Crippen LogP contribution < -0.4 is 11.2 Å². The molecule has 4 heteroatoms. The Kier molecular flexibility index (Phi) is 4.57. The maximum Gasteiger partial charge on any atom is 0.244 e. The molecule has 0 fully saturated rings. The molecule has 1 amide bonds. The van der Waals surface area contributed by atoms with Gasteiger partial charge in [-0.2, -0.15) is 5.10 Å². The Morgan fingerprint density at radius 2 is 1.71 bits per heavy atom. The molecule has 0 spiro atoms. The Bertz CT molecular complexity index is 893. The van der Waals surface area contributed by atoms with Gasteiger partial charge in [-0.15, -0.1) is 0 Å². The van der Waals surface area contributed by atoms with E-state index < -0.39 is 0 Å². The summed E-state index contributed by atoms with van der Waals surface area (Å²) in [5.41, 5.74) is 11.7. The number of nitrogens with zero attached hydrogens (tertiary/aromatic N) is 1. The van der Waals surface area contributed by atoms with E-state index in [-0.39, 0.29) is 5.91 Å². The highest BCUT2D eigenvalue weighted by atomic mass is 16.2. The van der Waals surface area contributed by atoms with Crippen LogP contribution in [0.3, 0.4) is 0 Å². The highest BCUT2D eigenvalue weighted by Gasteiger charge is 2.06. The molecule has 0 aromatic heterocycles. The average Bonchev–Trinajstić information content (AvgIpc) is 2.61. The fourth-order valence-electron chi connectivity index (χ4n) is 2.59.